The monoisotopic (exact) mass is 229 g/mol. The van der Waals surface area contributed by atoms with Crippen LogP contribution in [0.2, 0.25) is 0 Å². The van der Waals surface area contributed by atoms with Crippen molar-refractivity contribution in [3.05, 3.63) is 35.9 Å². The van der Waals surface area contributed by atoms with Crippen LogP contribution in [0, 0.1) is 11.8 Å². The molecule has 0 spiro atoms. The maximum Gasteiger partial charge on any atom is 0.00980 e. The van der Waals surface area contributed by atoms with Gasteiger partial charge in [-0.2, -0.15) is 0 Å². The highest BCUT2D eigenvalue weighted by molar-refractivity contribution is 5.14. The van der Waals surface area contributed by atoms with E-state index in [0.717, 1.165) is 17.9 Å². The number of nitrogens with one attached hydrogen (secondary N) is 1. The molecule has 2 aliphatic rings. The number of rotatable bonds is 5. The molecule has 3 rings (SSSR count). The van der Waals surface area contributed by atoms with Crippen molar-refractivity contribution in [2.75, 3.05) is 6.54 Å². The van der Waals surface area contributed by atoms with Gasteiger partial charge in [0.15, 0.2) is 0 Å². The highest BCUT2D eigenvalue weighted by atomic mass is 14.9. The zero-order chi connectivity index (χ0) is 11.5. The summed E-state index contributed by atoms with van der Waals surface area (Å²) >= 11 is 0. The summed E-state index contributed by atoms with van der Waals surface area (Å²) in [6.45, 7) is 1.20. The van der Waals surface area contributed by atoms with Crippen molar-refractivity contribution in [3.63, 3.8) is 0 Å². The Morgan fingerprint density at radius 3 is 2.65 bits per heavy atom. The summed E-state index contributed by atoms with van der Waals surface area (Å²) in [6.07, 6.45) is 8.45. The van der Waals surface area contributed by atoms with Gasteiger partial charge in [-0.25, -0.2) is 0 Å². The number of hydrogen-bond donors (Lipinski definition) is 1. The third-order valence-electron chi connectivity index (χ3n) is 4.63. The third-order valence-corrected chi connectivity index (χ3v) is 4.63. The average molecular weight is 229 g/mol. The minimum absolute atomic E-state index is 0.851. The number of fused-ring (bicyclic) bond motifs is 2. The molecule has 0 saturated heterocycles. The van der Waals surface area contributed by atoms with Crippen molar-refractivity contribution in [1.29, 1.82) is 0 Å². The minimum Gasteiger partial charge on any atom is -0.314 e. The summed E-state index contributed by atoms with van der Waals surface area (Å²) in [6, 6.07) is 11.7. The van der Waals surface area contributed by atoms with E-state index in [2.05, 4.69) is 35.6 Å². The van der Waals surface area contributed by atoms with E-state index in [4.69, 9.17) is 0 Å². The smallest absolute Gasteiger partial charge is 0.00980 e. The fourth-order valence-electron chi connectivity index (χ4n) is 3.72. The SMILES string of the molecule is c1ccc(CCCNC2CC3CCC2C3)cc1. The van der Waals surface area contributed by atoms with Crippen molar-refractivity contribution in [2.24, 2.45) is 11.8 Å². The zero-order valence-electron chi connectivity index (χ0n) is 10.6. The van der Waals surface area contributed by atoms with Gasteiger partial charge in [-0.15, -0.1) is 0 Å². The molecule has 0 heterocycles. The first-order valence-electron chi connectivity index (χ1n) is 7.19. The largest absolute Gasteiger partial charge is 0.314 e. The molecule has 1 N–H and O–H groups in total. The molecular weight excluding hydrogens is 206 g/mol. The van der Waals surface area contributed by atoms with Gasteiger partial charge in [-0.1, -0.05) is 36.8 Å². The van der Waals surface area contributed by atoms with E-state index < -0.39 is 0 Å². The van der Waals surface area contributed by atoms with Crippen molar-refractivity contribution in [2.45, 2.75) is 44.6 Å². The molecule has 2 bridgehead atoms. The van der Waals surface area contributed by atoms with Gasteiger partial charge in [0.2, 0.25) is 0 Å². The Morgan fingerprint density at radius 2 is 1.94 bits per heavy atom. The van der Waals surface area contributed by atoms with Crippen LogP contribution < -0.4 is 5.32 Å². The van der Waals surface area contributed by atoms with E-state index in [1.54, 1.807) is 0 Å². The highest BCUT2D eigenvalue weighted by Crippen LogP contribution is 2.44. The van der Waals surface area contributed by atoms with E-state index in [0.29, 0.717) is 0 Å². The Morgan fingerprint density at radius 1 is 1.06 bits per heavy atom. The lowest BCUT2D eigenvalue weighted by molar-refractivity contribution is 0.351. The van der Waals surface area contributed by atoms with Crippen LogP contribution in [0.5, 0.6) is 0 Å². The molecular formula is C16H23N. The van der Waals surface area contributed by atoms with E-state index in [1.807, 2.05) is 0 Å². The van der Waals surface area contributed by atoms with Crippen molar-refractivity contribution >= 4 is 0 Å². The summed E-state index contributed by atoms with van der Waals surface area (Å²) in [5.74, 6) is 2.07. The lowest BCUT2D eigenvalue weighted by Gasteiger charge is -2.22. The second-order valence-electron chi connectivity index (χ2n) is 5.82. The maximum absolute atomic E-state index is 3.78. The predicted molar refractivity (Wildman–Crippen MR) is 72.0 cm³/mol. The molecule has 1 aromatic carbocycles. The van der Waals surface area contributed by atoms with Crippen molar-refractivity contribution in [3.8, 4) is 0 Å². The summed E-state index contributed by atoms with van der Waals surface area (Å²) in [4.78, 5) is 0. The molecule has 2 saturated carbocycles. The summed E-state index contributed by atoms with van der Waals surface area (Å²) in [5, 5.41) is 3.78. The molecule has 2 fully saturated rings. The number of benzene rings is 1. The first-order valence-corrected chi connectivity index (χ1v) is 7.19. The van der Waals surface area contributed by atoms with Gasteiger partial charge in [0.1, 0.15) is 0 Å². The van der Waals surface area contributed by atoms with Crippen LogP contribution in [-0.2, 0) is 6.42 Å². The molecule has 3 unspecified atom stereocenters. The van der Waals surface area contributed by atoms with Crippen LogP contribution in [0.3, 0.4) is 0 Å². The lowest BCUT2D eigenvalue weighted by Crippen LogP contribution is -2.34. The lowest BCUT2D eigenvalue weighted by atomic mass is 9.95. The van der Waals surface area contributed by atoms with Gasteiger partial charge in [-0.3, -0.25) is 0 Å². The van der Waals surface area contributed by atoms with Crippen LogP contribution >= 0.6 is 0 Å². The number of aryl methyl sites for hydroxylation is 1. The topological polar surface area (TPSA) is 12.0 Å². The van der Waals surface area contributed by atoms with Crippen LogP contribution in [-0.4, -0.2) is 12.6 Å². The first-order chi connectivity index (χ1) is 8.42. The zero-order valence-corrected chi connectivity index (χ0v) is 10.6. The van der Waals surface area contributed by atoms with Crippen molar-refractivity contribution in [1.82, 2.24) is 5.32 Å². The third kappa shape index (κ3) is 2.71. The standard InChI is InChI=1S/C16H23N/c1-2-5-13(6-3-1)7-4-10-17-16-12-14-8-9-15(16)11-14/h1-3,5-6,14-17H,4,7-12H2. The molecule has 0 aliphatic heterocycles. The molecule has 0 amide bonds. The minimum atomic E-state index is 0.851. The van der Waals surface area contributed by atoms with Gasteiger partial charge in [0, 0.05) is 6.04 Å². The van der Waals surface area contributed by atoms with E-state index in [9.17, 15) is 0 Å². The Hall–Kier alpha value is -0.820. The second-order valence-corrected chi connectivity index (χ2v) is 5.82. The van der Waals surface area contributed by atoms with E-state index in [1.165, 1.54) is 50.6 Å². The second kappa shape index (κ2) is 5.22. The molecule has 1 nitrogen and oxygen atoms in total. The molecule has 0 radical (unpaired) electrons. The molecule has 3 atom stereocenters. The Labute approximate surface area is 105 Å². The van der Waals surface area contributed by atoms with Gasteiger partial charge >= 0.3 is 0 Å². The molecule has 1 heteroatoms. The maximum atomic E-state index is 3.78. The first kappa shape index (κ1) is 11.3. The highest BCUT2D eigenvalue weighted by Gasteiger charge is 2.38. The predicted octanol–water partition coefficient (Wildman–Crippen LogP) is 3.40. The summed E-state index contributed by atoms with van der Waals surface area (Å²) in [7, 11) is 0. The van der Waals surface area contributed by atoms with E-state index >= 15 is 0 Å². The van der Waals surface area contributed by atoms with E-state index in [-0.39, 0.29) is 0 Å². The number of hydrogen-bond acceptors (Lipinski definition) is 1. The molecule has 1 aromatic rings. The van der Waals surface area contributed by atoms with Gasteiger partial charge in [-0.05, 0) is 56.0 Å². The molecule has 17 heavy (non-hydrogen) atoms. The molecule has 0 aromatic heterocycles. The summed E-state index contributed by atoms with van der Waals surface area (Å²) < 4.78 is 0. The van der Waals surface area contributed by atoms with Gasteiger partial charge in [0.05, 0.1) is 0 Å². The normalized spacial score (nSPS) is 30.9. The summed E-state index contributed by atoms with van der Waals surface area (Å²) in [5.41, 5.74) is 1.47. The fourth-order valence-corrected chi connectivity index (χ4v) is 3.72. The molecule has 2 aliphatic carbocycles. The van der Waals surface area contributed by atoms with Crippen LogP contribution in [0.4, 0.5) is 0 Å². The van der Waals surface area contributed by atoms with Crippen molar-refractivity contribution < 1.29 is 0 Å². The van der Waals surface area contributed by atoms with Gasteiger partial charge < -0.3 is 5.32 Å². The molecule has 92 valence electrons. The quantitative estimate of drug-likeness (QED) is 0.763. The van der Waals surface area contributed by atoms with Crippen LogP contribution in [0.1, 0.15) is 37.7 Å². The Kier molecular flexibility index (Phi) is 3.46. The Bertz CT molecular complexity index is 346. The van der Waals surface area contributed by atoms with Crippen LogP contribution in [0.25, 0.3) is 0 Å². The fraction of sp³-hybridized carbons (Fsp3) is 0.625. The average Bonchev–Trinajstić information content (AvgIpc) is 2.98. The van der Waals surface area contributed by atoms with Crippen LogP contribution in [0.15, 0.2) is 30.3 Å². The Balaban J connectivity index is 1.36. The van der Waals surface area contributed by atoms with Gasteiger partial charge in [0.25, 0.3) is 0 Å².